The first-order chi connectivity index (χ1) is 11.2. The molecule has 1 heterocycles. The van der Waals surface area contributed by atoms with E-state index in [1.807, 2.05) is 24.3 Å². The standard InChI is InChI=1S/C18H17NO4/c1-21-12-6-4-11(5-7-12)14-10-16(20)18-15(19-14)8-13(22-2)9-17(18)23-3/h4-10H,1-3H3,(H,19,20). The molecule has 0 radical (unpaired) electrons. The molecule has 23 heavy (non-hydrogen) atoms. The number of nitrogens with one attached hydrogen (secondary N) is 1. The van der Waals surface area contributed by atoms with Gasteiger partial charge in [0.25, 0.3) is 0 Å². The van der Waals surface area contributed by atoms with Gasteiger partial charge in [0.2, 0.25) is 0 Å². The van der Waals surface area contributed by atoms with Crippen LogP contribution in [0.3, 0.4) is 0 Å². The van der Waals surface area contributed by atoms with Crippen LogP contribution in [-0.4, -0.2) is 26.3 Å². The van der Waals surface area contributed by atoms with Crippen molar-refractivity contribution in [3.05, 3.63) is 52.7 Å². The fraction of sp³-hybridized carbons (Fsp3) is 0.167. The van der Waals surface area contributed by atoms with Gasteiger partial charge in [-0.2, -0.15) is 0 Å². The van der Waals surface area contributed by atoms with E-state index in [1.165, 1.54) is 7.11 Å². The molecule has 0 saturated carbocycles. The fourth-order valence-electron chi connectivity index (χ4n) is 2.53. The van der Waals surface area contributed by atoms with Crippen molar-refractivity contribution < 1.29 is 14.2 Å². The van der Waals surface area contributed by atoms with Crippen molar-refractivity contribution in [1.29, 1.82) is 0 Å². The van der Waals surface area contributed by atoms with Crippen LogP contribution in [-0.2, 0) is 0 Å². The van der Waals surface area contributed by atoms with Crippen molar-refractivity contribution >= 4 is 10.9 Å². The Kier molecular flexibility index (Phi) is 3.93. The molecular weight excluding hydrogens is 294 g/mol. The number of benzene rings is 2. The molecule has 0 amide bonds. The molecule has 0 fully saturated rings. The molecule has 0 atom stereocenters. The van der Waals surface area contributed by atoms with Gasteiger partial charge in [0.05, 0.1) is 32.2 Å². The van der Waals surface area contributed by atoms with Gasteiger partial charge in [-0.1, -0.05) is 0 Å². The molecular formula is C18H17NO4. The Balaban J connectivity index is 2.21. The minimum absolute atomic E-state index is 0.107. The average Bonchev–Trinajstić information content (AvgIpc) is 2.60. The normalized spacial score (nSPS) is 10.6. The summed E-state index contributed by atoms with van der Waals surface area (Å²) in [6.07, 6.45) is 0. The SMILES string of the molecule is COc1ccc(-c2cc(=O)c3c(OC)cc(OC)cc3[nH]2)cc1. The lowest BCUT2D eigenvalue weighted by Gasteiger charge is -2.10. The molecule has 2 aromatic carbocycles. The maximum absolute atomic E-state index is 12.5. The summed E-state index contributed by atoms with van der Waals surface area (Å²) in [5.41, 5.74) is 2.18. The molecule has 1 aromatic heterocycles. The van der Waals surface area contributed by atoms with Crippen LogP contribution in [0.15, 0.2) is 47.3 Å². The molecule has 0 saturated heterocycles. The number of pyridine rings is 1. The third kappa shape index (κ3) is 2.73. The van der Waals surface area contributed by atoms with E-state index in [-0.39, 0.29) is 5.43 Å². The van der Waals surface area contributed by atoms with Gasteiger partial charge in [0.15, 0.2) is 5.43 Å². The minimum atomic E-state index is -0.107. The molecule has 0 spiro atoms. The number of rotatable bonds is 4. The Morgan fingerprint density at radius 3 is 2.13 bits per heavy atom. The van der Waals surface area contributed by atoms with Crippen molar-refractivity contribution in [3.63, 3.8) is 0 Å². The molecule has 5 nitrogen and oxygen atoms in total. The molecule has 1 N–H and O–H groups in total. The summed E-state index contributed by atoms with van der Waals surface area (Å²) in [4.78, 5) is 15.8. The van der Waals surface area contributed by atoms with Gasteiger partial charge in [0, 0.05) is 23.9 Å². The zero-order valence-corrected chi connectivity index (χ0v) is 13.2. The Morgan fingerprint density at radius 2 is 1.52 bits per heavy atom. The number of hydrogen-bond acceptors (Lipinski definition) is 4. The van der Waals surface area contributed by atoms with E-state index in [1.54, 1.807) is 32.4 Å². The van der Waals surface area contributed by atoms with Crippen LogP contribution in [0.2, 0.25) is 0 Å². The second-order valence-electron chi connectivity index (χ2n) is 5.03. The van der Waals surface area contributed by atoms with Gasteiger partial charge in [-0.15, -0.1) is 0 Å². The third-order valence-corrected chi connectivity index (χ3v) is 3.72. The van der Waals surface area contributed by atoms with Gasteiger partial charge >= 0.3 is 0 Å². The van der Waals surface area contributed by atoms with Crippen LogP contribution in [0.1, 0.15) is 0 Å². The zero-order chi connectivity index (χ0) is 16.4. The van der Waals surface area contributed by atoms with E-state index in [0.717, 1.165) is 17.0 Å². The van der Waals surface area contributed by atoms with Crippen LogP contribution in [0, 0.1) is 0 Å². The Labute approximate surface area is 133 Å². The first kappa shape index (κ1) is 15.0. The van der Waals surface area contributed by atoms with Gasteiger partial charge in [-0.05, 0) is 29.8 Å². The van der Waals surface area contributed by atoms with Crippen LogP contribution < -0.4 is 19.6 Å². The Bertz CT molecular complexity index is 897. The van der Waals surface area contributed by atoms with Gasteiger partial charge < -0.3 is 19.2 Å². The lowest BCUT2D eigenvalue weighted by Crippen LogP contribution is -2.05. The molecule has 0 aliphatic rings. The van der Waals surface area contributed by atoms with Crippen molar-refractivity contribution in [2.45, 2.75) is 0 Å². The highest BCUT2D eigenvalue weighted by atomic mass is 16.5. The van der Waals surface area contributed by atoms with E-state index in [9.17, 15) is 4.79 Å². The smallest absolute Gasteiger partial charge is 0.193 e. The van der Waals surface area contributed by atoms with Crippen molar-refractivity contribution in [3.8, 4) is 28.5 Å². The average molecular weight is 311 g/mol. The summed E-state index contributed by atoms with van der Waals surface area (Å²) < 4.78 is 15.7. The quantitative estimate of drug-likeness (QED) is 0.803. The summed E-state index contributed by atoms with van der Waals surface area (Å²) in [5.74, 6) is 1.87. The highest BCUT2D eigenvalue weighted by Crippen LogP contribution is 2.29. The van der Waals surface area contributed by atoms with Crippen LogP contribution in [0.4, 0.5) is 0 Å². The number of ether oxygens (including phenoxy) is 3. The van der Waals surface area contributed by atoms with Crippen LogP contribution in [0.5, 0.6) is 17.2 Å². The lowest BCUT2D eigenvalue weighted by atomic mass is 10.1. The molecule has 3 rings (SSSR count). The largest absolute Gasteiger partial charge is 0.497 e. The monoisotopic (exact) mass is 311 g/mol. The molecule has 118 valence electrons. The highest BCUT2D eigenvalue weighted by molar-refractivity contribution is 5.88. The van der Waals surface area contributed by atoms with Crippen molar-refractivity contribution in [1.82, 2.24) is 4.98 Å². The topological polar surface area (TPSA) is 60.6 Å². The number of aromatic nitrogens is 1. The van der Waals surface area contributed by atoms with Gasteiger partial charge in [-0.25, -0.2) is 0 Å². The summed E-state index contributed by atoms with van der Waals surface area (Å²) in [6, 6.07) is 12.5. The third-order valence-electron chi connectivity index (χ3n) is 3.72. The van der Waals surface area contributed by atoms with Gasteiger partial charge in [-0.3, -0.25) is 4.79 Å². The van der Waals surface area contributed by atoms with E-state index in [2.05, 4.69) is 4.98 Å². The lowest BCUT2D eigenvalue weighted by molar-refractivity contribution is 0.397. The summed E-state index contributed by atoms with van der Waals surface area (Å²) >= 11 is 0. The van der Waals surface area contributed by atoms with Crippen LogP contribution in [0.25, 0.3) is 22.2 Å². The predicted octanol–water partition coefficient (Wildman–Crippen LogP) is 3.22. The van der Waals surface area contributed by atoms with E-state index < -0.39 is 0 Å². The number of H-pyrrole nitrogens is 1. The summed E-state index contributed by atoms with van der Waals surface area (Å²) in [7, 11) is 4.72. The Morgan fingerprint density at radius 1 is 0.826 bits per heavy atom. The fourth-order valence-corrected chi connectivity index (χ4v) is 2.53. The molecule has 0 bridgehead atoms. The van der Waals surface area contributed by atoms with E-state index in [0.29, 0.717) is 22.4 Å². The van der Waals surface area contributed by atoms with Gasteiger partial charge in [0.1, 0.15) is 17.2 Å². The number of methoxy groups -OCH3 is 3. The molecule has 3 aromatic rings. The van der Waals surface area contributed by atoms with E-state index in [4.69, 9.17) is 14.2 Å². The number of fused-ring (bicyclic) bond motifs is 1. The Hall–Kier alpha value is -2.95. The first-order valence-electron chi connectivity index (χ1n) is 7.09. The summed E-state index contributed by atoms with van der Waals surface area (Å²) in [5, 5.41) is 0.505. The summed E-state index contributed by atoms with van der Waals surface area (Å²) in [6.45, 7) is 0. The second kappa shape index (κ2) is 6.04. The predicted molar refractivity (Wildman–Crippen MR) is 89.7 cm³/mol. The van der Waals surface area contributed by atoms with Crippen LogP contribution >= 0.6 is 0 Å². The number of hydrogen-bond donors (Lipinski definition) is 1. The maximum atomic E-state index is 12.5. The molecule has 0 unspecified atom stereocenters. The minimum Gasteiger partial charge on any atom is -0.497 e. The second-order valence-corrected chi connectivity index (χ2v) is 5.03. The maximum Gasteiger partial charge on any atom is 0.193 e. The molecule has 0 aliphatic carbocycles. The first-order valence-corrected chi connectivity index (χ1v) is 7.09. The zero-order valence-electron chi connectivity index (χ0n) is 13.2. The highest BCUT2D eigenvalue weighted by Gasteiger charge is 2.11. The van der Waals surface area contributed by atoms with Crippen molar-refractivity contribution in [2.75, 3.05) is 21.3 Å². The van der Waals surface area contributed by atoms with Crippen molar-refractivity contribution in [2.24, 2.45) is 0 Å². The van der Waals surface area contributed by atoms with E-state index >= 15 is 0 Å². The molecule has 0 aliphatic heterocycles. The number of aromatic amines is 1. The molecule has 5 heteroatoms.